The van der Waals surface area contributed by atoms with E-state index in [1.54, 1.807) is 6.08 Å². The number of fused-ring (bicyclic) bond motifs is 3. The Balaban J connectivity index is 1.30. The summed E-state index contributed by atoms with van der Waals surface area (Å²) < 4.78 is 7.68. The van der Waals surface area contributed by atoms with E-state index in [4.69, 9.17) is 16.3 Å². The number of carbonyl (C=O) groups is 1. The maximum Gasteiger partial charge on any atom is 0.272 e. The van der Waals surface area contributed by atoms with Crippen molar-refractivity contribution in [1.29, 1.82) is 0 Å². The Kier molecular flexibility index (Phi) is 6.00. The van der Waals surface area contributed by atoms with Crippen LogP contribution in [0.1, 0.15) is 28.9 Å². The summed E-state index contributed by atoms with van der Waals surface area (Å²) in [6, 6.07) is 16.5. The van der Waals surface area contributed by atoms with Gasteiger partial charge in [0.25, 0.3) is 5.91 Å². The van der Waals surface area contributed by atoms with Gasteiger partial charge in [0.15, 0.2) is 5.69 Å². The van der Waals surface area contributed by atoms with Gasteiger partial charge in [0.05, 0.1) is 25.3 Å². The summed E-state index contributed by atoms with van der Waals surface area (Å²) in [5.74, 6) is -0.112. The molecule has 2 aromatic carbocycles. The van der Waals surface area contributed by atoms with E-state index < -0.39 is 0 Å². The molecule has 0 spiro atoms. The molecule has 2 aliphatic rings. The summed E-state index contributed by atoms with van der Waals surface area (Å²) in [4.78, 5) is 15.7. The first-order valence-electron chi connectivity index (χ1n) is 11.1. The molecule has 3 atom stereocenters. The molecular weight excluding hydrogens is 424 g/mol. The number of morpholine rings is 1. The van der Waals surface area contributed by atoms with E-state index in [0.29, 0.717) is 25.5 Å². The van der Waals surface area contributed by atoms with Crippen molar-refractivity contribution in [1.82, 2.24) is 20.0 Å². The van der Waals surface area contributed by atoms with E-state index in [1.807, 2.05) is 41.1 Å². The van der Waals surface area contributed by atoms with Gasteiger partial charge in [-0.25, -0.2) is 0 Å². The Morgan fingerprint density at radius 2 is 1.88 bits per heavy atom. The van der Waals surface area contributed by atoms with Crippen molar-refractivity contribution in [2.45, 2.75) is 44.1 Å². The van der Waals surface area contributed by atoms with E-state index in [9.17, 15) is 4.79 Å². The third kappa shape index (κ3) is 4.18. The molecule has 6 nitrogen and oxygen atoms in total. The molecule has 1 N–H and O–H groups in total. The third-order valence-corrected chi connectivity index (χ3v) is 6.71. The number of nitrogens with zero attached hydrogens (tertiary/aromatic N) is 3. The van der Waals surface area contributed by atoms with E-state index in [1.165, 1.54) is 5.56 Å². The Labute approximate surface area is 192 Å². The number of benzene rings is 2. The number of hydrogen-bond donors (Lipinski definition) is 1. The van der Waals surface area contributed by atoms with Crippen LogP contribution in [0.2, 0.25) is 5.02 Å². The summed E-state index contributed by atoms with van der Waals surface area (Å²) in [5.41, 5.74) is 2.67. The van der Waals surface area contributed by atoms with Crippen molar-refractivity contribution >= 4 is 28.4 Å². The van der Waals surface area contributed by atoms with Crippen LogP contribution in [0.3, 0.4) is 0 Å². The van der Waals surface area contributed by atoms with Crippen LogP contribution >= 0.6 is 11.6 Å². The highest BCUT2D eigenvalue weighted by atomic mass is 35.5. The number of amides is 1. The van der Waals surface area contributed by atoms with Gasteiger partial charge in [0, 0.05) is 35.1 Å². The Bertz CT molecular complexity index is 1110. The summed E-state index contributed by atoms with van der Waals surface area (Å²) in [6.07, 6.45) is 3.51. The van der Waals surface area contributed by atoms with Crippen LogP contribution in [-0.2, 0) is 17.8 Å². The van der Waals surface area contributed by atoms with Crippen LogP contribution in [0.25, 0.3) is 10.9 Å². The van der Waals surface area contributed by atoms with Gasteiger partial charge in [-0.15, -0.1) is 6.58 Å². The normalized spacial score (nSPS) is 23.2. The van der Waals surface area contributed by atoms with E-state index in [0.717, 1.165) is 35.3 Å². The third-order valence-electron chi connectivity index (χ3n) is 6.46. The number of carbonyl (C=O) groups excluding carboxylic acids is 1. The van der Waals surface area contributed by atoms with Gasteiger partial charge in [-0.05, 0) is 36.6 Å². The number of rotatable bonds is 6. The molecule has 0 saturated carbocycles. The maximum absolute atomic E-state index is 13.2. The molecule has 3 heterocycles. The van der Waals surface area contributed by atoms with Crippen molar-refractivity contribution in [3.63, 3.8) is 0 Å². The lowest BCUT2D eigenvalue weighted by Gasteiger charge is -2.48. The number of nitrogens with one attached hydrogen (secondary N) is 1. The zero-order chi connectivity index (χ0) is 22.1. The lowest BCUT2D eigenvalue weighted by atomic mass is 9.89. The fraction of sp³-hybridized carbons (Fsp3) is 0.360. The first-order valence-corrected chi connectivity index (χ1v) is 11.5. The fourth-order valence-corrected chi connectivity index (χ4v) is 5.10. The Morgan fingerprint density at radius 1 is 1.16 bits per heavy atom. The van der Waals surface area contributed by atoms with Crippen LogP contribution in [0.4, 0.5) is 0 Å². The first kappa shape index (κ1) is 21.2. The van der Waals surface area contributed by atoms with Gasteiger partial charge in [0.1, 0.15) is 0 Å². The summed E-state index contributed by atoms with van der Waals surface area (Å²) in [5, 5.41) is 9.47. The molecule has 2 aliphatic heterocycles. The highest BCUT2D eigenvalue weighted by Crippen LogP contribution is 2.30. The Hall–Kier alpha value is -2.67. The number of allylic oxidation sites excluding steroid dienone is 1. The molecule has 2 bridgehead atoms. The van der Waals surface area contributed by atoms with Gasteiger partial charge < -0.3 is 10.1 Å². The number of halogens is 1. The standard InChI is InChI=1S/C25H27ClN4O2/c1-2-11-30-23-6-4-3-5-22(23)24(28-30)25(31)27-19-12-20-15-32-16-21(13-19)29(20)14-17-7-9-18(26)10-8-17/h2-10,19-21H,1,11-16H2,(H,27,31)/t19?,20-,21+. The molecule has 1 aromatic heterocycles. The first-order chi connectivity index (χ1) is 15.6. The van der Waals surface area contributed by atoms with Gasteiger partial charge in [-0.1, -0.05) is 48.0 Å². The zero-order valence-electron chi connectivity index (χ0n) is 17.9. The molecule has 3 aromatic rings. The number of ether oxygens (including phenoxy) is 1. The number of piperidine rings is 1. The Morgan fingerprint density at radius 3 is 2.59 bits per heavy atom. The number of para-hydroxylation sites is 1. The molecule has 166 valence electrons. The predicted octanol–water partition coefficient (Wildman–Crippen LogP) is 4.04. The zero-order valence-corrected chi connectivity index (χ0v) is 18.7. The minimum absolute atomic E-state index is 0.103. The largest absolute Gasteiger partial charge is 0.378 e. The second-order valence-corrected chi connectivity index (χ2v) is 9.06. The van der Waals surface area contributed by atoms with Crippen molar-refractivity contribution in [3.8, 4) is 0 Å². The SMILES string of the molecule is C=CCn1nc(C(=O)NC2C[C@H]3COC[C@@H](C2)N3Cc2ccc(Cl)cc2)c2ccccc21. The van der Waals surface area contributed by atoms with Gasteiger partial charge in [0.2, 0.25) is 0 Å². The van der Waals surface area contributed by atoms with Crippen LogP contribution in [0.15, 0.2) is 61.2 Å². The minimum atomic E-state index is -0.112. The second kappa shape index (κ2) is 9.06. The summed E-state index contributed by atoms with van der Waals surface area (Å²) >= 11 is 6.04. The maximum atomic E-state index is 13.2. The van der Waals surface area contributed by atoms with Crippen LogP contribution in [0, 0.1) is 0 Å². The smallest absolute Gasteiger partial charge is 0.272 e. The monoisotopic (exact) mass is 450 g/mol. The molecular formula is C25H27ClN4O2. The number of hydrogen-bond acceptors (Lipinski definition) is 4. The molecule has 7 heteroatoms. The minimum Gasteiger partial charge on any atom is -0.378 e. The van der Waals surface area contributed by atoms with Gasteiger partial charge in [-0.3, -0.25) is 14.4 Å². The molecule has 2 saturated heterocycles. The van der Waals surface area contributed by atoms with E-state index in [-0.39, 0.29) is 24.0 Å². The van der Waals surface area contributed by atoms with Crippen molar-refractivity contribution in [2.75, 3.05) is 13.2 Å². The van der Waals surface area contributed by atoms with E-state index >= 15 is 0 Å². The highest BCUT2D eigenvalue weighted by molar-refractivity contribution is 6.30. The average molecular weight is 451 g/mol. The van der Waals surface area contributed by atoms with Crippen LogP contribution < -0.4 is 5.32 Å². The van der Waals surface area contributed by atoms with Crippen molar-refractivity contribution < 1.29 is 9.53 Å². The molecule has 0 aliphatic carbocycles. The van der Waals surface area contributed by atoms with Crippen molar-refractivity contribution in [2.24, 2.45) is 0 Å². The number of aromatic nitrogens is 2. The quantitative estimate of drug-likeness (QED) is 0.576. The lowest BCUT2D eigenvalue weighted by molar-refractivity contribution is -0.0843. The lowest BCUT2D eigenvalue weighted by Crippen LogP contribution is -2.60. The summed E-state index contributed by atoms with van der Waals surface area (Å²) in [6.45, 7) is 6.61. The molecule has 2 fully saturated rings. The summed E-state index contributed by atoms with van der Waals surface area (Å²) in [7, 11) is 0. The van der Waals surface area contributed by atoms with Crippen LogP contribution in [-0.4, -0.2) is 51.9 Å². The van der Waals surface area contributed by atoms with Gasteiger partial charge in [-0.2, -0.15) is 5.10 Å². The molecule has 0 radical (unpaired) electrons. The van der Waals surface area contributed by atoms with Gasteiger partial charge >= 0.3 is 0 Å². The average Bonchev–Trinajstić information content (AvgIpc) is 3.15. The highest BCUT2D eigenvalue weighted by Gasteiger charge is 2.39. The van der Waals surface area contributed by atoms with E-state index in [2.05, 4.69) is 34.0 Å². The molecule has 1 amide bonds. The van der Waals surface area contributed by atoms with Crippen molar-refractivity contribution in [3.05, 3.63) is 77.5 Å². The molecule has 1 unspecified atom stereocenters. The molecule has 5 rings (SSSR count). The predicted molar refractivity (Wildman–Crippen MR) is 126 cm³/mol. The second-order valence-electron chi connectivity index (χ2n) is 8.62. The topological polar surface area (TPSA) is 59.4 Å². The molecule has 32 heavy (non-hydrogen) atoms. The fourth-order valence-electron chi connectivity index (χ4n) is 4.98. The van der Waals surface area contributed by atoms with Crippen LogP contribution in [0.5, 0.6) is 0 Å².